The van der Waals surface area contributed by atoms with Gasteiger partial charge < -0.3 is 5.11 Å². The molecule has 9 heteroatoms. The molecular weight excluding hydrogens is 229 g/mol. The van der Waals surface area contributed by atoms with Crippen LogP contribution in [0.5, 0.6) is 0 Å². The first-order chi connectivity index (χ1) is 5.44. The molecular formula is C4HClF6O2. The van der Waals surface area contributed by atoms with Gasteiger partial charge in [0.15, 0.2) is 0 Å². The van der Waals surface area contributed by atoms with E-state index in [4.69, 9.17) is 5.11 Å². The fraction of sp³-hybridized carbons (Fsp3) is 0.750. The highest BCUT2D eigenvalue weighted by molar-refractivity contribution is 6.25. The van der Waals surface area contributed by atoms with Gasteiger partial charge in [-0.2, -0.15) is 22.0 Å². The van der Waals surface area contributed by atoms with Gasteiger partial charge in [0.25, 0.3) is 0 Å². The van der Waals surface area contributed by atoms with E-state index < -0.39 is 23.2 Å². The number of hydrogen-bond donors (Lipinski definition) is 1. The highest BCUT2D eigenvalue weighted by Crippen LogP contribution is 2.48. The van der Waals surface area contributed by atoms with Gasteiger partial charge in [-0.1, -0.05) is 11.6 Å². The summed E-state index contributed by atoms with van der Waals surface area (Å²) in [4.78, 5) is 9.54. The Morgan fingerprint density at radius 3 is 1.46 bits per heavy atom. The number of alkyl halides is 7. The Morgan fingerprint density at radius 1 is 1.08 bits per heavy atom. The van der Waals surface area contributed by atoms with Crippen LogP contribution < -0.4 is 0 Å². The standard InChI is InChI=1S/C4HClF6O2/c5-3(8,4(9,10)11)2(6,7)1(12)13/h(H,12,13). The fourth-order valence-corrected chi connectivity index (χ4v) is 0.393. The van der Waals surface area contributed by atoms with Gasteiger partial charge in [0.05, 0.1) is 0 Å². The maximum atomic E-state index is 12.1. The molecule has 0 aliphatic heterocycles. The van der Waals surface area contributed by atoms with E-state index in [1.54, 1.807) is 0 Å². The molecule has 1 unspecified atom stereocenters. The van der Waals surface area contributed by atoms with Gasteiger partial charge in [0.1, 0.15) is 0 Å². The van der Waals surface area contributed by atoms with Crippen LogP contribution in [0, 0.1) is 0 Å². The number of carbonyl (C=O) groups is 1. The van der Waals surface area contributed by atoms with Crippen molar-refractivity contribution in [3.63, 3.8) is 0 Å². The third-order valence-electron chi connectivity index (χ3n) is 1.02. The zero-order valence-electron chi connectivity index (χ0n) is 5.50. The van der Waals surface area contributed by atoms with Crippen LogP contribution in [-0.2, 0) is 4.79 Å². The van der Waals surface area contributed by atoms with Crippen molar-refractivity contribution >= 4 is 17.6 Å². The molecule has 0 saturated heterocycles. The minimum absolute atomic E-state index is 3.29. The number of rotatable bonds is 2. The summed E-state index contributed by atoms with van der Waals surface area (Å²) >= 11 is 3.78. The van der Waals surface area contributed by atoms with Crippen molar-refractivity contribution in [2.45, 2.75) is 17.2 Å². The van der Waals surface area contributed by atoms with Gasteiger partial charge in [0, 0.05) is 0 Å². The Bertz CT molecular complexity index is 221. The first-order valence-electron chi connectivity index (χ1n) is 2.50. The second-order valence-electron chi connectivity index (χ2n) is 1.95. The van der Waals surface area contributed by atoms with E-state index in [1.807, 2.05) is 0 Å². The van der Waals surface area contributed by atoms with Gasteiger partial charge in [-0.3, -0.25) is 0 Å². The third-order valence-corrected chi connectivity index (χ3v) is 1.47. The van der Waals surface area contributed by atoms with Crippen LogP contribution in [-0.4, -0.2) is 28.3 Å². The minimum atomic E-state index is -6.17. The maximum absolute atomic E-state index is 12.1. The van der Waals surface area contributed by atoms with E-state index >= 15 is 0 Å². The lowest BCUT2D eigenvalue weighted by Crippen LogP contribution is -2.55. The van der Waals surface area contributed by atoms with E-state index in [0.717, 1.165) is 0 Å². The van der Waals surface area contributed by atoms with Crippen LogP contribution >= 0.6 is 11.6 Å². The molecule has 0 aromatic rings. The van der Waals surface area contributed by atoms with E-state index in [2.05, 4.69) is 11.6 Å². The van der Waals surface area contributed by atoms with Gasteiger partial charge in [0.2, 0.25) is 0 Å². The average Bonchev–Trinajstić information content (AvgIpc) is 1.84. The molecule has 0 spiro atoms. The van der Waals surface area contributed by atoms with E-state index in [-0.39, 0.29) is 0 Å². The normalized spacial score (nSPS) is 18.1. The predicted molar refractivity (Wildman–Crippen MR) is 28.3 cm³/mol. The first-order valence-corrected chi connectivity index (χ1v) is 2.88. The van der Waals surface area contributed by atoms with Crippen LogP contribution in [0.4, 0.5) is 26.3 Å². The Kier molecular flexibility index (Phi) is 2.78. The van der Waals surface area contributed by atoms with Crippen LogP contribution in [0.25, 0.3) is 0 Å². The summed E-state index contributed by atoms with van der Waals surface area (Å²) in [7, 11) is 0. The second kappa shape index (κ2) is 2.93. The molecule has 2 nitrogen and oxygen atoms in total. The number of hydrogen-bond acceptors (Lipinski definition) is 1. The summed E-state index contributed by atoms with van der Waals surface area (Å²) < 4.78 is 70.4. The molecule has 78 valence electrons. The second-order valence-corrected chi connectivity index (χ2v) is 2.47. The molecule has 0 heterocycles. The molecule has 0 aliphatic carbocycles. The fourth-order valence-electron chi connectivity index (χ4n) is 0.312. The lowest BCUT2D eigenvalue weighted by molar-refractivity contribution is -0.265. The lowest BCUT2D eigenvalue weighted by Gasteiger charge is -2.26. The van der Waals surface area contributed by atoms with E-state index in [0.29, 0.717) is 0 Å². The molecule has 0 radical (unpaired) electrons. The highest BCUT2D eigenvalue weighted by atomic mass is 35.5. The van der Waals surface area contributed by atoms with Crippen molar-refractivity contribution in [3.8, 4) is 0 Å². The molecule has 0 bridgehead atoms. The van der Waals surface area contributed by atoms with Crippen molar-refractivity contribution in [1.29, 1.82) is 0 Å². The zero-order chi connectivity index (χ0) is 11.1. The topological polar surface area (TPSA) is 37.3 Å². The Hall–Kier alpha value is -0.660. The molecule has 0 aromatic carbocycles. The van der Waals surface area contributed by atoms with Crippen molar-refractivity contribution in [2.75, 3.05) is 0 Å². The molecule has 1 N–H and O–H groups in total. The Labute approximate surface area is 72.1 Å². The first kappa shape index (κ1) is 12.3. The van der Waals surface area contributed by atoms with Crippen LogP contribution in [0.3, 0.4) is 0 Å². The Morgan fingerprint density at radius 2 is 1.38 bits per heavy atom. The molecule has 0 amide bonds. The Balaban J connectivity index is 5.16. The number of aliphatic carboxylic acids is 1. The molecule has 13 heavy (non-hydrogen) atoms. The van der Waals surface area contributed by atoms with Gasteiger partial charge in [-0.05, 0) is 0 Å². The van der Waals surface area contributed by atoms with Crippen molar-refractivity contribution in [3.05, 3.63) is 0 Å². The van der Waals surface area contributed by atoms with Crippen LogP contribution in [0.2, 0.25) is 0 Å². The largest absolute Gasteiger partial charge is 0.477 e. The number of carboxylic acid groups (broad SMARTS) is 1. The quantitative estimate of drug-likeness (QED) is 0.583. The summed E-state index contributed by atoms with van der Waals surface area (Å²) in [6.45, 7) is 0. The summed E-state index contributed by atoms with van der Waals surface area (Å²) in [5, 5.41) is 1.96. The molecule has 0 fully saturated rings. The van der Waals surface area contributed by atoms with Crippen LogP contribution in [0.1, 0.15) is 0 Å². The zero-order valence-corrected chi connectivity index (χ0v) is 6.26. The van der Waals surface area contributed by atoms with Crippen LogP contribution in [0.15, 0.2) is 0 Å². The lowest BCUT2D eigenvalue weighted by atomic mass is 10.2. The molecule has 0 aliphatic rings. The maximum Gasteiger partial charge on any atom is 0.443 e. The van der Waals surface area contributed by atoms with Gasteiger partial charge >= 0.3 is 23.2 Å². The summed E-state index contributed by atoms with van der Waals surface area (Å²) in [5.74, 6) is -9.02. The molecule has 0 aromatic heterocycles. The smallest absolute Gasteiger partial charge is 0.443 e. The van der Waals surface area contributed by atoms with Crippen molar-refractivity contribution in [1.82, 2.24) is 0 Å². The molecule has 0 saturated carbocycles. The minimum Gasteiger partial charge on any atom is -0.477 e. The predicted octanol–water partition coefficient (Wildman–Crippen LogP) is 2.17. The van der Waals surface area contributed by atoms with Crippen molar-refractivity contribution < 1.29 is 36.2 Å². The number of halogens is 7. The molecule has 0 rings (SSSR count). The van der Waals surface area contributed by atoms with Crippen molar-refractivity contribution in [2.24, 2.45) is 0 Å². The number of carboxylic acids is 1. The summed E-state index contributed by atoms with van der Waals surface area (Å²) in [6.07, 6.45) is -6.17. The van der Waals surface area contributed by atoms with E-state index in [1.165, 1.54) is 0 Å². The summed E-state index contributed by atoms with van der Waals surface area (Å²) in [6, 6.07) is 0. The van der Waals surface area contributed by atoms with Gasteiger partial charge in [-0.25, -0.2) is 9.18 Å². The van der Waals surface area contributed by atoms with E-state index in [9.17, 15) is 31.1 Å². The summed E-state index contributed by atoms with van der Waals surface area (Å²) in [5.41, 5.74) is 0. The average molecular weight is 230 g/mol. The SMILES string of the molecule is O=C(O)C(F)(F)C(F)(Cl)C(F)(F)F. The van der Waals surface area contributed by atoms with Gasteiger partial charge in [-0.15, -0.1) is 0 Å². The molecule has 1 atom stereocenters. The highest BCUT2D eigenvalue weighted by Gasteiger charge is 2.74. The monoisotopic (exact) mass is 230 g/mol. The third kappa shape index (κ3) is 1.82.